The number of anilines is 2. The molecule has 0 radical (unpaired) electrons. The highest BCUT2D eigenvalue weighted by molar-refractivity contribution is 7.91. The zero-order chi connectivity index (χ0) is 26.4. The average Bonchev–Trinajstić information content (AvgIpc) is 3.36. The van der Waals surface area contributed by atoms with Crippen molar-refractivity contribution >= 4 is 39.0 Å². The van der Waals surface area contributed by atoms with E-state index in [-0.39, 0.29) is 42.2 Å². The highest BCUT2D eigenvalue weighted by Crippen LogP contribution is 2.36. The molecule has 10 nitrogen and oxygen atoms in total. The second-order valence-electron chi connectivity index (χ2n) is 8.77. The summed E-state index contributed by atoms with van der Waals surface area (Å²) in [5.74, 6) is -3.05. The van der Waals surface area contributed by atoms with Crippen LogP contribution in [0, 0.1) is 0 Å². The van der Waals surface area contributed by atoms with Crippen molar-refractivity contribution in [1.82, 2.24) is 10.2 Å². The predicted molar refractivity (Wildman–Crippen MR) is 135 cm³/mol. The summed E-state index contributed by atoms with van der Waals surface area (Å²) < 4.78 is 51.6. The van der Waals surface area contributed by atoms with E-state index in [0.29, 0.717) is 17.1 Å². The summed E-state index contributed by atoms with van der Waals surface area (Å²) in [6, 6.07) is 10.1. The molecule has 2 N–H and O–H groups in total. The summed E-state index contributed by atoms with van der Waals surface area (Å²) >= 11 is 5.98. The van der Waals surface area contributed by atoms with E-state index in [1.165, 1.54) is 28.0 Å². The molecule has 0 bridgehead atoms. The zero-order valence-corrected chi connectivity index (χ0v) is 21.1. The number of aromatic nitrogens is 2. The number of ether oxygens (including phenoxy) is 1. The molecule has 2 aliphatic rings. The molecule has 2 atom stereocenters. The van der Waals surface area contributed by atoms with Crippen LogP contribution in [0.1, 0.15) is 5.56 Å². The van der Waals surface area contributed by atoms with Gasteiger partial charge in [0.05, 0.1) is 42.1 Å². The number of halogens is 2. The molecule has 0 spiro atoms. The van der Waals surface area contributed by atoms with Gasteiger partial charge in [-0.3, -0.25) is 4.79 Å². The Morgan fingerprint density at radius 3 is 2.73 bits per heavy atom. The van der Waals surface area contributed by atoms with Crippen LogP contribution in [0.15, 0.2) is 64.4 Å². The van der Waals surface area contributed by atoms with Crippen molar-refractivity contribution in [2.45, 2.75) is 23.3 Å². The van der Waals surface area contributed by atoms with Gasteiger partial charge < -0.3 is 24.7 Å². The van der Waals surface area contributed by atoms with Crippen LogP contribution in [0.3, 0.4) is 0 Å². The van der Waals surface area contributed by atoms with Gasteiger partial charge in [0.2, 0.25) is 17.7 Å². The van der Waals surface area contributed by atoms with Crippen molar-refractivity contribution in [3.8, 4) is 11.5 Å². The molecular weight excluding hydrogens is 525 g/mol. The molecule has 0 unspecified atom stereocenters. The van der Waals surface area contributed by atoms with Crippen LogP contribution in [0.5, 0.6) is 0 Å². The number of hydrogen-bond acceptors (Lipinski definition) is 9. The first-order valence-electron chi connectivity index (χ1n) is 11.3. The normalized spacial score (nSPS) is 23.4. The molecule has 1 amide bonds. The van der Waals surface area contributed by atoms with Crippen LogP contribution < -0.4 is 15.5 Å². The van der Waals surface area contributed by atoms with Gasteiger partial charge >= 0.3 is 6.01 Å². The van der Waals surface area contributed by atoms with Crippen LogP contribution in [0.25, 0.3) is 11.5 Å². The fourth-order valence-electron chi connectivity index (χ4n) is 4.23. The molecule has 0 aliphatic carbocycles. The van der Waals surface area contributed by atoms with Crippen LogP contribution >= 0.6 is 11.6 Å². The van der Waals surface area contributed by atoms with E-state index >= 15 is 0 Å². The molecule has 2 aromatic carbocycles. The maximum absolute atomic E-state index is 14.6. The SMILES string of the molecule is C=C[C@@]1(F)CN(c2nnc(-c3ccc4c(c3)N(Cc3ccc(Cl)cc3)C(=O)[C@@H](N)CS4(=O)=O)o2)CCO1. The van der Waals surface area contributed by atoms with Gasteiger partial charge in [-0.25, -0.2) is 12.8 Å². The Kier molecular flexibility index (Phi) is 6.52. The van der Waals surface area contributed by atoms with Crippen LogP contribution in [0.2, 0.25) is 5.02 Å². The van der Waals surface area contributed by atoms with Gasteiger partial charge in [-0.1, -0.05) is 35.4 Å². The number of sulfone groups is 1. The third-order valence-electron chi connectivity index (χ3n) is 6.17. The molecule has 3 aromatic rings. The van der Waals surface area contributed by atoms with E-state index in [2.05, 4.69) is 16.8 Å². The second kappa shape index (κ2) is 9.53. The van der Waals surface area contributed by atoms with Gasteiger partial charge in [0.15, 0.2) is 9.84 Å². The number of benzene rings is 2. The highest BCUT2D eigenvalue weighted by Gasteiger charge is 2.38. The molecule has 1 saturated heterocycles. The minimum atomic E-state index is -3.87. The molecule has 1 aromatic heterocycles. The third kappa shape index (κ3) is 4.97. The fourth-order valence-corrected chi connectivity index (χ4v) is 5.92. The number of nitrogens with zero attached hydrogens (tertiary/aromatic N) is 4. The zero-order valence-electron chi connectivity index (χ0n) is 19.5. The Morgan fingerprint density at radius 2 is 2.00 bits per heavy atom. The second-order valence-corrected chi connectivity index (χ2v) is 11.2. The monoisotopic (exact) mass is 547 g/mol. The van der Waals surface area contributed by atoms with Gasteiger partial charge in [-0.15, -0.1) is 5.10 Å². The van der Waals surface area contributed by atoms with Gasteiger partial charge in [-0.05, 0) is 42.0 Å². The predicted octanol–water partition coefficient (Wildman–Crippen LogP) is 2.73. The van der Waals surface area contributed by atoms with E-state index in [0.717, 1.165) is 11.6 Å². The van der Waals surface area contributed by atoms with Crippen LogP contribution in [-0.4, -0.2) is 61.9 Å². The summed E-state index contributed by atoms with van der Waals surface area (Å²) in [6.45, 7) is 3.77. The number of alkyl halides is 1. The molecule has 2 aliphatic heterocycles. The maximum atomic E-state index is 14.6. The first-order chi connectivity index (χ1) is 17.6. The van der Waals surface area contributed by atoms with E-state index in [1.54, 1.807) is 24.3 Å². The Labute approximate surface area is 217 Å². The smallest absolute Gasteiger partial charge is 0.318 e. The molecule has 37 heavy (non-hydrogen) atoms. The molecule has 194 valence electrons. The lowest BCUT2D eigenvalue weighted by Crippen LogP contribution is -2.48. The number of carbonyl (C=O) groups excluding carboxylic acids is 1. The number of carbonyl (C=O) groups is 1. The summed E-state index contributed by atoms with van der Waals surface area (Å²) in [4.78, 5) is 16.0. The largest absolute Gasteiger partial charge is 0.403 e. The van der Waals surface area contributed by atoms with Crippen LogP contribution in [0.4, 0.5) is 16.1 Å². The van der Waals surface area contributed by atoms with Crippen molar-refractivity contribution < 1.29 is 26.8 Å². The summed E-state index contributed by atoms with van der Waals surface area (Å²) in [6.07, 6.45) is 1.07. The maximum Gasteiger partial charge on any atom is 0.318 e. The summed E-state index contributed by atoms with van der Waals surface area (Å²) in [7, 11) is -3.87. The topological polar surface area (TPSA) is 132 Å². The molecule has 0 saturated carbocycles. The lowest BCUT2D eigenvalue weighted by atomic mass is 10.1. The number of nitrogens with two attached hydrogens (primary N) is 1. The molecule has 5 rings (SSSR count). The number of hydrogen-bond donors (Lipinski definition) is 1. The standard InChI is InChI=1S/C24H23ClFN5O5S/c1-2-24(26)14-30(9-10-35-24)23-29-28-21(36-23)16-5-8-20-19(11-16)31(12-15-3-6-17(25)7-4-15)22(32)18(27)13-37(20,33)34/h2-8,11,18H,1,9-10,12-14,27H2/t18-,24-/m0/s1. The van der Waals surface area contributed by atoms with Gasteiger partial charge in [0, 0.05) is 17.1 Å². The van der Waals surface area contributed by atoms with Gasteiger partial charge in [0.25, 0.3) is 0 Å². The minimum absolute atomic E-state index is 0.0346. The molecular formula is C24H23ClFN5O5S. The van der Waals surface area contributed by atoms with Crippen molar-refractivity contribution in [3.05, 3.63) is 65.7 Å². The Balaban J connectivity index is 1.53. The van der Waals surface area contributed by atoms with Crippen molar-refractivity contribution in [1.29, 1.82) is 0 Å². The highest BCUT2D eigenvalue weighted by atomic mass is 35.5. The van der Waals surface area contributed by atoms with Gasteiger partial charge in [0.1, 0.15) is 0 Å². The van der Waals surface area contributed by atoms with E-state index in [4.69, 9.17) is 26.5 Å². The van der Waals surface area contributed by atoms with Crippen LogP contribution in [-0.2, 0) is 25.9 Å². The Hall–Kier alpha value is -3.32. The Bertz CT molecular complexity index is 1460. The number of rotatable bonds is 5. The molecule has 3 heterocycles. The Morgan fingerprint density at radius 1 is 1.24 bits per heavy atom. The third-order valence-corrected chi connectivity index (χ3v) is 8.23. The first-order valence-corrected chi connectivity index (χ1v) is 13.3. The minimum Gasteiger partial charge on any atom is -0.403 e. The quantitative estimate of drug-likeness (QED) is 0.479. The first kappa shape index (κ1) is 25.3. The van der Waals surface area contributed by atoms with E-state index in [9.17, 15) is 17.6 Å². The van der Waals surface area contributed by atoms with Crippen molar-refractivity contribution in [2.24, 2.45) is 5.73 Å². The average molecular weight is 548 g/mol. The van der Waals surface area contributed by atoms with E-state index in [1.807, 2.05) is 0 Å². The summed E-state index contributed by atoms with van der Waals surface area (Å²) in [5, 5.41) is 8.60. The summed E-state index contributed by atoms with van der Waals surface area (Å²) in [5.41, 5.74) is 7.23. The van der Waals surface area contributed by atoms with Crippen molar-refractivity contribution in [2.75, 3.05) is 35.2 Å². The molecule has 1 fully saturated rings. The van der Waals surface area contributed by atoms with Gasteiger partial charge in [-0.2, -0.15) is 0 Å². The number of fused-ring (bicyclic) bond motifs is 1. The molecule has 13 heteroatoms. The van der Waals surface area contributed by atoms with E-state index < -0.39 is 33.4 Å². The lowest BCUT2D eigenvalue weighted by Gasteiger charge is -2.34. The van der Waals surface area contributed by atoms with Crippen molar-refractivity contribution in [3.63, 3.8) is 0 Å². The lowest BCUT2D eigenvalue weighted by molar-refractivity contribution is -0.119. The fraction of sp³-hybridized carbons (Fsp3) is 0.292. The number of amides is 1. The number of morpholine rings is 1.